The first kappa shape index (κ1) is 9.56. The van der Waals surface area contributed by atoms with Crippen molar-refractivity contribution in [1.29, 1.82) is 0 Å². The van der Waals surface area contributed by atoms with E-state index >= 15 is 0 Å². The van der Waals surface area contributed by atoms with Crippen molar-refractivity contribution in [3.05, 3.63) is 10.6 Å². The van der Waals surface area contributed by atoms with Gasteiger partial charge in [0.05, 0.1) is 16.8 Å². The molecule has 0 radical (unpaired) electrons. The molecule has 0 aliphatic heterocycles. The van der Waals surface area contributed by atoms with Gasteiger partial charge in [-0.1, -0.05) is 4.49 Å². The summed E-state index contributed by atoms with van der Waals surface area (Å²) in [4.78, 5) is 0.737. The topological polar surface area (TPSA) is 69.2 Å². The van der Waals surface area contributed by atoms with E-state index in [2.05, 4.69) is 13.8 Å². The lowest BCUT2D eigenvalue weighted by molar-refractivity contribution is 0.314. The molecule has 7 heteroatoms. The van der Waals surface area contributed by atoms with Gasteiger partial charge < -0.3 is 0 Å². The van der Waals surface area contributed by atoms with E-state index in [1.54, 1.807) is 6.92 Å². The van der Waals surface area contributed by atoms with E-state index in [0.717, 1.165) is 22.7 Å². The molecular weight excluding hydrogens is 200 g/mol. The third kappa shape index (κ3) is 2.84. The first-order chi connectivity index (χ1) is 5.49. The summed E-state index contributed by atoms with van der Waals surface area (Å²) in [5, 5.41) is 3.71. The quantitative estimate of drug-likeness (QED) is 0.669. The van der Waals surface area contributed by atoms with Crippen molar-refractivity contribution in [3.63, 3.8) is 0 Å². The zero-order chi connectivity index (χ0) is 9.19. The Morgan fingerprint density at radius 2 is 2.25 bits per heavy atom. The van der Waals surface area contributed by atoms with E-state index in [-0.39, 0.29) is 6.61 Å². The SMILES string of the molecule is Cc1nnsc1COS(C)(=O)=O. The molecule has 0 aliphatic carbocycles. The van der Waals surface area contributed by atoms with E-state index in [1.165, 1.54) is 0 Å². The minimum atomic E-state index is -3.37. The van der Waals surface area contributed by atoms with Gasteiger partial charge in [0.15, 0.2) is 0 Å². The molecule has 0 saturated carbocycles. The van der Waals surface area contributed by atoms with Gasteiger partial charge in [-0.2, -0.15) is 8.42 Å². The minimum absolute atomic E-state index is 0.0301. The molecule has 1 aromatic heterocycles. The number of nitrogens with zero attached hydrogens (tertiary/aromatic N) is 2. The molecule has 68 valence electrons. The highest BCUT2D eigenvalue weighted by Crippen LogP contribution is 2.11. The smallest absolute Gasteiger partial charge is 0.264 e. The lowest BCUT2D eigenvalue weighted by atomic mass is 10.4. The maximum atomic E-state index is 10.6. The summed E-state index contributed by atoms with van der Waals surface area (Å²) in [6, 6.07) is 0. The van der Waals surface area contributed by atoms with Crippen LogP contribution < -0.4 is 0 Å². The fourth-order valence-corrected chi connectivity index (χ4v) is 1.50. The monoisotopic (exact) mass is 208 g/mol. The summed E-state index contributed by atoms with van der Waals surface area (Å²) in [5.74, 6) is 0. The molecule has 0 aliphatic rings. The molecule has 5 nitrogen and oxygen atoms in total. The first-order valence-electron chi connectivity index (χ1n) is 3.11. The van der Waals surface area contributed by atoms with E-state index < -0.39 is 10.1 Å². The van der Waals surface area contributed by atoms with Crippen LogP contribution in [-0.4, -0.2) is 24.3 Å². The largest absolute Gasteiger partial charge is 0.265 e. The van der Waals surface area contributed by atoms with Crippen molar-refractivity contribution in [2.75, 3.05) is 6.26 Å². The van der Waals surface area contributed by atoms with Crippen LogP contribution in [0, 0.1) is 6.92 Å². The van der Waals surface area contributed by atoms with Gasteiger partial charge in [0.25, 0.3) is 10.1 Å². The van der Waals surface area contributed by atoms with Crippen LogP contribution in [0.2, 0.25) is 0 Å². The molecule has 0 aromatic carbocycles. The van der Waals surface area contributed by atoms with Crippen LogP contribution in [0.25, 0.3) is 0 Å². The maximum Gasteiger partial charge on any atom is 0.264 e. The Labute approximate surface area is 74.7 Å². The fraction of sp³-hybridized carbons (Fsp3) is 0.600. The second-order valence-electron chi connectivity index (χ2n) is 2.25. The number of hydrogen-bond acceptors (Lipinski definition) is 6. The maximum absolute atomic E-state index is 10.6. The zero-order valence-electron chi connectivity index (χ0n) is 6.64. The lowest BCUT2D eigenvalue weighted by Crippen LogP contribution is -2.02. The van der Waals surface area contributed by atoms with Crippen molar-refractivity contribution < 1.29 is 12.6 Å². The molecular formula is C5H8N2O3S2. The van der Waals surface area contributed by atoms with Crippen molar-refractivity contribution in [3.8, 4) is 0 Å². The van der Waals surface area contributed by atoms with Crippen molar-refractivity contribution in [2.24, 2.45) is 0 Å². The normalized spacial score (nSPS) is 11.8. The first-order valence-corrected chi connectivity index (χ1v) is 5.70. The predicted molar refractivity (Wildman–Crippen MR) is 44.3 cm³/mol. The van der Waals surface area contributed by atoms with Crippen molar-refractivity contribution in [1.82, 2.24) is 9.59 Å². The molecule has 0 bridgehead atoms. The molecule has 0 atom stereocenters. The Morgan fingerprint density at radius 1 is 1.58 bits per heavy atom. The summed E-state index contributed by atoms with van der Waals surface area (Å²) in [6.45, 7) is 1.78. The zero-order valence-corrected chi connectivity index (χ0v) is 8.28. The van der Waals surface area contributed by atoms with Gasteiger partial charge in [0, 0.05) is 0 Å². The molecule has 12 heavy (non-hydrogen) atoms. The van der Waals surface area contributed by atoms with E-state index in [9.17, 15) is 8.42 Å². The number of aromatic nitrogens is 2. The third-order valence-corrected chi connectivity index (χ3v) is 2.49. The molecule has 0 spiro atoms. The van der Waals surface area contributed by atoms with Gasteiger partial charge in [-0.3, -0.25) is 4.18 Å². The van der Waals surface area contributed by atoms with Crippen LogP contribution >= 0.6 is 11.5 Å². The van der Waals surface area contributed by atoms with Crippen LogP contribution in [0.4, 0.5) is 0 Å². The predicted octanol–water partition coefficient (Wildman–Crippen LogP) is 0.323. The second kappa shape index (κ2) is 3.46. The Morgan fingerprint density at radius 3 is 2.67 bits per heavy atom. The average Bonchev–Trinajstić information content (AvgIpc) is 2.29. The molecule has 0 fully saturated rings. The average molecular weight is 208 g/mol. The standard InChI is InChI=1S/C5H8N2O3S2/c1-4-5(11-7-6-4)3-10-12(2,8)9/h3H2,1-2H3. The highest BCUT2D eigenvalue weighted by molar-refractivity contribution is 7.85. The van der Waals surface area contributed by atoms with E-state index in [1.807, 2.05) is 0 Å². The van der Waals surface area contributed by atoms with E-state index in [4.69, 9.17) is 0 Å². The fourth-order valence-electron chi connectivity index (χ4n) is 0.544. The molecule has 1 heterocycles. The number of hydrogen-bond donors (Lipinski definition) is 0. The summed E-state index contributed by atoms with van der Waals surface area (Å²) < 4.78 is 29.4. The van der Waals surface area contributed by atoms with Gasteiger partial charge in [-0.15, -0.1) is 5.10 Å². The van der Waals surface area contributed by atoms with Crippen molar-refractivity contribution >= 4 is 21.7 Å². The Bertz CT molecular complexity index is 357. The van der Waals surface area contributed by atoms with Crippen LogP contribution in [0.5, 0.6) is 0 Å². The summed E-state index contributed by atoms with van der Waals surface area (Å²) in [5.41, 5.74) is 0.712. The highest BCUT2D eigenvalue weighted by atomic mass is 32.2. The summed E-state index contributed by atoms with van der Waals surface area (Å²) in [7, 11) is -3.37. The molecule has 1 aromatic rings. The van der Waals surface area contributed by atoms with Gasteiger partial charge >= 0.3 is 0 Å². The summed E-state index contributed by atoms with van der Waals surface area (Å²) in [6.07, 6.45) is 1.01. The lowest BCUT2D eigenvalue weighted by Gasteiger charge is -1.96. The third-order valence-electron chi connectivity index (χ3n) is 1.15. The number of aryl methyl sites for hydroxylation is 1. The van der Waals surface area contributed by atoms with Crippen LogP contribution in [0.1, 0.15) is 10.6 Å². The minimum Gasteiger partial charge on any atom is -0.265 e. The van der Waals surface area contributed by atoms with Gasteiger partial charge in [0.1, 0.15) is 6.61 Å². The Hall–Kier alpha value is -0.530. The summed E-state index contributed by atoms with van der Waals surface area (Å²) >= 11 is 1.14. The molecule has 0 unspecified atom stereocenters. The molecule has 0 amide bonds. The molecule has 1 rings (SSSR count). The van der Waals surface area contributed by atoms with Crippen LogP contribution in [0.3, 0.4) is 0 Å². The van der Waals surface area contributed by atoms with Gasteiger partial charge in [0.2, 0.25) is 0 Å². The number of rotatable bonds is 3. The molecule has 0 saturated heterocycles. The molecule has 0 N–H and O–H groups in total. The second-order valence-corrected chi connectivity index (χ2v) is 4.73. The van der Waals surface area contributed by atoms with Gasteiger partial charge in [-0.05, 0) is 18.5 Å². The Kier molecular flexibility index (Phi) is 2.76. The van der Waals surface area contributed by atoms with Gasteiger partial charge in [-0.25, -0.2) is 0 Å². The van der Waals surface area contributed by atoms with E-state index in [0.29, 0.717) is 5.69 Å². The van der Waals surface area contributed by atoms with Crippen LogP contribution in [0.15, 0.2) is 0 Å². The highest BCUT2D eigenvalue weighted by Gasteiger charge is 2.07. The van der Waals surface area contributed by atoms with Crippen molar-refractivity contribution in [2.45, 2.75) is 13.5 Å². The van der Waals surface area contributed by atoms with Crippen LogP contribution in [-0.2, 0) is 20.9 Å². The Balaban J connectivity index is 2.61.